The first-order valence-electron chi connectivity index (χ1n) is 12.5. The lowest BCUT2D eigenvalue weighted by Gasteiger charge is -2.22. The molecule has 0 fully saturated rings. The monoisotopic (exact) mass is 598 g/mol. The van der Waals surface area contributed by atoms with E-state index < -0.39 is 0 Å². The molecule has 36 heavy (non-hydrogen) atoms. The van der Waals surface area contributed by atoms with E-state index in [0.717, 1.165) is 8.95 Å². The van der Waals surface area contributed by atoms with Gasteiger partial charge in [-0.15, -0.1) is 0 Å². The Morgan fingerprint density at radius 3 is 1.39 bits per heavy atom. The fourth-order valence-corrected chi connectivity index (χ4v) is 5.96. The minimum atomic E-state index is 0.120. The van der Waals surface area contributed by atoms with Crippen LogP contribution >= 0.6 is 31.9 Å². The molecule has 0 aliphatic carbocycles. The second-order valence-corrected chi connectivity index (χ2v) is 13.4. The second kappa shape index (κ2) is 9.15. The Morgan fingerprint density at radius 2 is 0.917 bits per heavy atom. The van der Waals surface area contributed by atoms with Gasteiger partial charge < -0.3 is 0 Å². The van der Waals surface area contributed by atoms with E-state index in [1.165, 1.54) is 54.9 Å². The van der Waals surface area contributed by atoms with Crippen molar-refractivity contribution >= 4 is 53.4 Å². The van der Waals surface area contributed by atoms with Crippen molar-refractivity contribution in [3.05, 3.63) is 105 Å². The molecular formula is C34H32Br2. The molecule has 0 saturated carbocycles. The molecular weight excluding hydrogens is 568 g/mol. The average molecular weight is 600 g/mol. The largest absolute Gasteiger partial charge is 0.0616 e. The normalized spacial score (nSPS) is 12.4. The summed E-state index contributed by atoms with van der Waals surface area (Å²) in [6.07, 6.45) is 0. The molecule has 5 aromatic rings. The molecule has 5 rings (SSSR count). The Labute approximate surface area is 232 Å². The highest BCUT2D eigenvalue weighted by Gasteiger charge is 2.21. The van der Waals surface area contributed by atoms with Crippen LogP contribution in [0.1, 0.15) is 52.7 Å². The number of rotatable bonds is 2. The van der Waals surface area contributed by atoms with Crippen LogP contribution in [0.15, 0.2) is 93.9 Å². The van der Waals surface area contributed by atoms with Gasteiger partial charge in [0.2, 0.25) is 0 Å². The molecule has 182 valence electrons. The summed E-state index contributed by atoms with van der Waals surface area (Å²) in [4.78, 5) is 0. The summed E-state index contributed by atoms with van der Waals surface area (Å²) in [7, 11) is 0. The van der Waals surface area contributed by atoms with Crippen LogP contribution in [0, 0.1) is 0 Å². The molecule has 0 bridgehead atoms. The molecule has 0 saturated heterocycles. The van der Waals surface area contributed by atoms with Gasteiger partial charge in [0.05, 0.1) is 0 Å². The quantitative estimate of drug-likeness (QED) is 0.177. The summed E-state index contributed by atoms with van der Waals surface area (Å²) >= 11 is 7.75. The lowest BCUT2D eigenvalue weighted by Crippen LogP contribution is -2.10. The van der Waals surface area contributed by atoms with Gasteiger partial charge in [0.15, 0.2) is 0 Å². The molecule has 0 radical (unpaired) electrons. The zero-order valence-corrected chi connectivity index (χ0v) is 25.0. The predicted molar refractivity (Wildman–Crippen MR) is 165 cm³/mol. The molecule has 0 unspecified atom stereocenters. The van der Waals surface area contributed by atoms with Crippen LogP contribution < -0.4 is 0 Å². The number of hydrogen-bond acceptors (Lipinski definition) is 0. The van der Waals surface area contributed by atoms with E-state index >= 15 is 0 Å². The minimum Gasteiger partial charge on any atom is -0.0616 e. The fourth-order valence-electron chi connectivity index (χ4n) is 5.09. The standard InChI is InChI=1S/C34H32Br2/c1-33(2,3)23-15-11-21(12-16-23)29-25-9-7-8-10-26(25)30(31-27(29)19-20-28(35)32(31)36)22-13-17-24(18-14-22)34(4,5)6/h7-20H,1-6H3. The van der Waals surface area contributed by atoms with Gasteiger partial charge in [0, 0.05) is 14.3 Å². The van der Waals surface area contributed by atoms with Gasteiger partial charge in [-0.1, -0.05) is 120 Å². The highest BCUT2D eigenvalue weighted by Crippen LogP contribution is 2.48. The Morgan fingerprint density at radius 1 is 0.472 bits per heavy atom. The maximum absolute atomic E-state index is 3.96. The third-order valence-electron chi connectivity index (χ3n) is 7.16. The van der Waals surface area contributed by atoms with E-state index in [2.05, 4.69) is 158 Å². The smallest absolute Gasteiger partial charge is 0.0402 e. The molecule has 0 amide bonds. The topological polar surface area (TPSA) is 0 Å². The van der Waals surface area contributed by atoms with E-state index in [4.69, 9.17) is 0 Å². The van der Waals surface area contributed by atoms with Gasteiger partial charge in [0.25, 0.3) is 0 Å². The van der Waals surface area contributed by atoms with Crippen LogP contribution in [0.3, 0.4) is 0 Å². The Balaban J connectivity index is 1.88. The maximum Gasteiger partial charge on any atom is 0.0402 e. The summed E-state index contributed by atoms with van der Waals surface area (Å²) in [6, 6.07) is 31.5. The van der Waals surface area contributed by atoms with Crippen LogP contribution in [0.2, 0.25) is 0 Å². The summed E-state index contributed by atoms with van der Waals surface area (Å²) in [5.41, 5.74) is 7.96. The van der Waals surface area contributed by atoms with Crippen molar-refractivity contribution in [2.45, 2.75) is 52.4 Å². The van der Waals surface area contributed by atoms with Crippen LogP contribution in [0.5, 0.6) is 0 Å². The third-order valence-corrected chi connectivity index (χ3v) is 9.18. The van der Waals surface area contributed by atoms with Gasteiger partial charge >= 0.3 is 0 Å². The molecule has 0 heterocycles. The first-order chi connectivity index (χ1) is 17.0. The second-order valence-electron chi connectivity index (χ2n) is 11.7. The van der Waals surface area contributed by atoms with Crippen LogP contribution in [0.4, 0.5) is 0 Å². The van der Waals surface area contributed by atoms with Crippen molar-refractivity contribution in [1.82, 2.24) is 0 Å². The Hall–Kier alpha value is -2.42. The highest BCUT2D eigenvalue weighted by molar-refractivity contribution is 9.13. The Kier molecular flexibility index (Phi) is 6.42. The summed E-state index contributed by atoms with van der Waals surface area (Å²) in [5.74, 6) is 0. The van der Waals surface area contributed by atoms with E-state index in [0.29, 0.717) is 0 Å². The SMILES string of the molecule is CC(C)(C)c1ccc(-c2c3ccccc3c(-c3ccc(C(C)(C)C)cc3)c3c(Br)c(Br)ccc23)cc1. The van der Waals surface area contributed by atoms with Crippen LogP contribution in [-0.4, -0.2) is 0 Å². The average Bonchev–Trinajstić information content (AvgIpc) is 2.84. The molecule has 2 heteroatoms. The first kappa shape index (κ1) is 25.2. The van der Waals surface area contributed by atoms with Crippen molar-refractivity contribution < 1.29 is 0 Å². The molecule has 0 N–H and O–H groups in total. The predicted octanol–water partition coefficient (Wildman–Crippen LogP) is 11.4. The summed E-state index contributed by atoms with van der Waals surface area (Å²) in [5, 5.41) is 5.03. The lowest BCUT2D eigenvalue weighted by molar-refractivity contribution is 0.590. The van der Waals surface area contributed by atoms with Gasteiger partial charge in [-0.25, -0.2) is 0 Å². The lowest BCUT2D eigenvalue weighted by atomic mass is 9.82. The Bertz CT molecular complexity index is 1580. The first-order valence-corrected chi connectivity index (χ1v) is 14.1. The fraction of sp³-hybridized carbons (Fsp3) is 0.235. The van der Waals surface area contributed by atoms with Crippen LogP contribution in [-0.2, 0) is 10.8 Å². The summed E-state index contributed by atoms with van der Waals surface area (Å²) < 4.78 is 2.15. The van der Waals surface area contributed by atoms with Crippen molar-refractivity contribution in [2.75, 3.05) is 0 Å². The van der Waals surface area contributed by atoms with Gasteiger partial charge in [0.1, 0.15) is 0 Å². The van der Waals surface area contributed by atoms with E-state index in [1.807, 2.05) is 0 Å². The molecule has 0 atom stereocenters. The zero-order valence-electron chi connectivity index (χ0n) is 21.8. The molecule has 0 aliphatic heterocycles. The molecule has 5 aromatic carbocycles. The zero-order chi connectivity index (χ0) is 25.8. The van der Waals surface area contributed by atoms with E-state index in [-0.39, 0.29) is 10.8 Å². The number of hydrogen-bond donors (Lipinski definition) is 0. The van der Waals surface area contributed by atoms with Crippen molar-refractivity contribution in [3.8, 4) is 22.3 Å². The minimum absolute atomic E-state index is 0.120. The van der Waals surface area contributed by atoms with Crippen molar-refractivity contribution in [3.63, 3.8) is 0 Å². The van der Waals surface area contributed by atoms with E-state index in [9.17, 15) is 0 Å². The van der Waals surface area contributed by atoms with Crippen LogP contribution in [0.25, 0.3) is 43.8 Å². The van der Waals surface area contributed by atoms with Crippen molar-refractivity contribution in [2.24, 2.45) is 0 Å². The molecule has 0 nitrogen and oxygen atoms in total. The number of fused-ring (bicyclic) bond motifs is 2. The maximum atomic E-state index is 3.96. The molecule has 0 aliphatic rings. The van der Waals surface area contributed by atoms with Gasteiger partial charge in [-0.3, -0.25) is 0 Å². The van der Waals surface area contributed by atoms with Gasteiger partial charge in [-0.2, -0.15) is 0 Å². The van der Waals surface area contributed by atoms with E-state index in [1.54, 1.807) is 0 Å². The summed E-state index contributed by atoms with van der Waals surface area (Å²) in [6.45, 7) is 13.6. The number of halogens is 2. The van der Waals surface area contributed by atoms with Crippen molar-refractivity contribution in [1.29, 1.82) is 0 Å². The number of benzene rings is 5. The highest BCUT2D eigenvalue weighted by atomic mass is 79.9. The molecule has 0 aromatic heterocycles. The molecule has 0 spiro atoms. The third kappa shape index (κ3) is 4.44. The van der Waals surface area contributed by atoms with Gasteiger partial charge in [-0.05, 0) is 98.3 Å².